The van der Waals surface area contributed by atoms with Gasteiger partial charge in [0.25, 0.3) is 0 Å². The molecule has 5 nitrogen and oxygen atoms in total. The molecule has 0 bridgehead atoms. The molecule has 0 amide bonds. The van der Waals surface area contributed by atoms with Crippen LogP contribution in [-0.2, 0) is 7.05 Å². The van der Waals surface area contributed by atoms with Crippen molar-refractivity contribution in [3.05, 3.63) is 47.5 Å². The Morgan fingerprint density at radius 3 is 2.71 bits per heavy atom. The van der Waals surface area contributed by atoms with Crippen molar-refractivity contribution in [2.75, 3.05) is 5.32 Å². The van der Waals surface area contributed by atoms with Gasteiger partial charge in [-0.3, -0.25) is 0 Å². The fourth-order valence-corrected chi connectivity index (χ4v) is 2.52. The molecule has 3 rings (SSSR count). The largest absolute Gasteiger partial charge is 0.361 e. The summed E-state index contributed by atoms with van der Waals surface area (Å²) in [6.45, 7) is 2.13. The third-order valence-corrected chi connectivity index (χ3v) is 3.62. The molecule has 0 saturated carbocycles. The molecule has 0 aliphatic heterocycles. The fourth-order valence-electron chi connectivity index (χ4n) is 2.35. The number of benzene rings is 1. The Hall–Kier alpha value is -2.14. The zero-order chi connectivity index (χ0) is 14.8. The van der Waals surface area contributed by atoms with Gasteiger partial charge in [0.05, 0.1) is 12.4 Å². The van der Waals surface area contributed by atoms with E-state index in [9.17, 15) is 0 Å². The number of aryl methyl sites for hydroxylation is 1. The SMILES string of the molecule is CC[C@H](Nc1nc(Cl)nc2c1ncn2C)c1ccccc1. The number of anilines is 1. The Bertz CT molecular complexity index is 753. The highest BCUT2D eigenvalue weighted by Crippen LogP contribution is 2.26. The highest BCUT2D eigenvalue weighted by atomic mass is 35.5. The molecule has 0 radical (unpaired) electrons. The molecule has 2 aromatic heterocycles. The van der Waals surface area contributed by atoms with Crippen LogP contribution in [0.2, 0.25) is 5.28 Å². The average molecular weight is 302 g/mol. The molecule has 1 atom stereocenters. The second kappa shape index (κ2) is 5.69. The van der Waals surface area contributed by atoms with Crippen molar-refractivity contribution in [3.63, 3.8) is 0 Å². The first-order valence-electron chi connectivity index (χ1n) is 6.85. The molecule has 3 aromatic rings. The molecule has 2 heterocycles. The topological polar surface area (TPSA) is 55.6 Å². The molecule has 0 aliphatic rings. The molecule has 1 aromatic carbocycles. The van der Waals surface area contributed by atoms with Crippen LogP contribution in [0.15, 0.2) is 36.7 Å². The summed E-state index contributed by atoms with van der Waals surface area (Å²) >= 11 is 6.02. The first-order chi connectivity index (χ1) is 10.2. The molecule has 21 heavy (non-hydrogen) atoms. The molecular formula is C15H16ClN5. The van der Waals surface area contributed by atoms with Gasteiger partial charge >= 0.3 is 0 Å². The molecule has 0 saturated heterocycles. The van der Waals surface area contributed by atoms with Gasteiger partial charge in [0, 0.05) is 7.05 Å². The third kappa shape index (κ3) is 2.69. The van der Waals surface area contributed by atoms with Gasteiger partial charge in [0.15, 0.2) is 17.0 Å². The number of aromatic nitrogens is 4. The number of rotatable bonds is 4. The summed E-state index contributed by atoms with van der Waals surface area (Å²) in [5.41, 5.74) is 2.66. The van der Waals surface area contributed by atoms with Gasteiger partial charge in [0.2, 0.25) is 5.28 Å². The van der Waals surface area contributed by atoms with Crippen LogP contribution >= 0.6 is 11.6 Å². The summed E-state index contributed by atoms with van der Waals surface area (Å²) in [6.07, 6.45) is 2.64. The number of nitrogens with zero attached hydrogens (tertiary/aromatic N) is 4. The average Bonchev–Trinajstić information content (AvgIpc) is 2.87. The number of fused-ring (bicyclic) bond motifs is 1. The summed E-state index contributed by atoms with van der Waals surface area (Å²) in [6, 6.07) is 10.4. The number of nitrogens with one attached hydrogen (secondary N) is 1. The summed E-state index contributed by atoms with van der Waals surface area (Å²) in [7, 11) is 1.89. The highest BCUT2D eigenvalue weighted by Gasteiger charge is 2.15. The predicted molar refractivity (Wildman–Crippen MR) is 84.4 cm³/mol. The quantitative estimate of drug-likeness (QED) is 0.748. The summed E-state index contributed by atoms with van der Waals surface area (Å²) in [4.78, 5) is 12.9. The number of imidazole rings is 1. The van der Waals surface area contributed by atoms with Gasteiger partial charge in [-0.1, -0.05) is 37.3 Å². The second-order valence-electron chi connectivity index (χ2n) is 4.88. The molecule has 6 heteroatoms. The van der Waals surface area contributed by atoms with Crippen molar-refractivity contribution in [2.24, 2.45) is 7.05 Å². The minimum atomic E-state index is 0.155. The van der Waals surface area contributed by atoms with Gasteiger partial charge in [0.1, 0.15) is 0 Å². The van der Waals surface area contributed by atoms with E-state index in [1.165, 1.54) is 5.56 Å². The van der Waals surface area contributed by atoms with E-state index in [4.69, 9.17) is 11.6 Å². The Labute approximate surface area is 128 Å². The maximum atomic E-state index is 6.02. The van der Waals surface area contributed by atoms with Crippen LogP contribution < -0.4 is 5.32 Å². The van der Waals surface area contributed by atoms with E-state index in [0.29, 0.717) is 5.82 Å². The van der Waals surface area contributed by atoms with Crippen molar-refractivity contribution >= 4 is 28.6 Å². The van der Waals surface area contributed by atoms with Crippen molar-refractivity contribution in [1.82, 2.24) is 19.5 Å². The van der Waals surface area contributed by atoms with E-state index >= 15 is 0 Å². The molecule has 0 fully saturated rings. The normalized spacial score (nSPS) is 12.5. The molecule has 0 aliphatic carbocycles. The summed E-state index contributed by atoms with van der Waals surface area (Å²) in [5.74, 6) is 0.668. The smallest absolute Gasteiger partial charge is 0.226 e. The van der Waals surface area contributed by atoms with Crippen molar-refractivity contribution < 1.29 is 0 Å². The first kappa shape index (κ1) is 13.8. The molecular weight excluding hydrogens is 286 g/mol. The maximum Gasteiger partial charge on any atom is 0.226 e. The van der Waals surface area contributed by atoms with E-state index in [2.05, 4.69) is 39.3 Å². The lowest BCUT2D eigenvalue weighted by Gasteiger charge is -2.18. The van der Waals surface area contributed by atoms with Gasteiger partial charge in [-0.15, -0.1) is 0 Å². The Balaban J connectivity index is 2.00. The van der Waals surface area contributed by atoms with Crippen molar-refractivity contribution in [3.8, 4) is 0 Å². The van der Waals surface area contributed by atoms with Gasteiger partial charge in [-0.05, 0) is 23.6 Å². The fraction of sp³-hybridized carbons (Fsp3) is 0.267. The molecule has 108 valence electrons. The molecule has 1 N–H and O–H groups in total. The molecule has 0 spiro atoms. The monoisotopic (exact) mass is 301 g/mol. The van der Waals surface area contributed by atoms with Crippen LogP contribution in [-0.4, -0.2) is 19.5 Å². The van der Waals surface area contributed by atoms with Crippen LogP contribution in [0.5, 0.6) is 0 Å². The third-order valence-electron chi connectivity index (χ3n) is 3.45. The number of halogens is 1. The Kier molecular flexibility index (Phi) is 3.75. The second-order valence-corrected chi connectivity index (χ2v) is 5.22. The van der Waals surface area contributed by atoms with Crippen LogP contribution in [0.25, 0.3) is 11.2 Å². The van der Waals surface area contributed by atoms with Crippen LogP contribution in [0, 0.1) is 0 Å². The van der Waals surface area contributed by atoms with Crippen molar-refractivity contribution in [2.45, 2.75) is 19.4 Å². The van der Waals surface area contributed by atoms with E-state index in [1.807, 2.05) is 29.8 Å². The van der Waals surface area contributed by atoms with Crippen LogP contribution in [0.1, 0.15) is 24.9 Å². The zero-order valence-electron chi connectivity index (χ0n) is 11.9. The summed E-state index contributed by atoms with van der Waals surface area (Å²) in [5, 5.41) is 3.65. The standard InChI is InChI=1S/C15H16ClN5/c1-3-11(10-7-5-4-6-8-10)18-13-12-14(20-15(16)19-13)21(2)9-17-12/h4-9,11H,3H2,1-2H3,(H,18,19,20)/t11-/m0/s1. The lowest BCUT2D eigenvalue weighted by Crippen LogP contribution is -2.11. The van der Waals surface area contributed by atoms with Gasteiger partial charge in [-0.2, -0.15) is 9.97 Å². The maximum absolute atomic E-state index is 6.02. The Morgan fingerprint density at radius 2 is 2.00 bits per heavy atom. The number of hydrogen-bond donors (Lipinski definition) is 1. The van der Waals surface area contributed by atoms with E-state index in [-0.39, 0.29) is 11.3 Å². The Morgan fingerprint density at radius 1 is 1.24 bits per heavy atom. The zero-order valence-corrected chi connectivity index (χ0v) is 12.7. The molecule has 0 unspecified atom stereocenters. The summed E-state index contributed by atoms with van der Waals surface area (Å²) < 4.78 is 1.83. The number of hydrogen-bond acceptors (Lipinski definition) is 4. The highest BCUT2D eigenvalue weighted by molar-refractivity contribution is 6.28. The minimum absolute atomic E-state index is 0.155. The lowest BCUT2D eigenvalue weighted by molar-refractivity contribution is 0.745. The van der Waals surface area contributed by atoms with E-state index in [0.717, 1.165) is 17.6 Å². The first-order valence-corrected chi connectivity index (χ1v) is 7.23. The minimum Gasteiger partial charge on any atom is -0.361 e. The van der Waals surface area contributed by atoms with E-state index < -0.39 is 0 Å². The van der Waals surface area contributed by atoms with Crippen LogP contribution in [0.4, 0.5) is 5.82 Å². The van der Waals surface area contributed by atoms with Gasteiger partial charge in [-0.25, -0.2) is 4.98 Å². The van der Waals surface area contributed by atoms with Crippen molar-refractivity contribution in [1.29, 1.82) is 0 Å². The van der Waals surface area contributed by atoms with E-state index in [1.54, 1.807) is 6.33 Å². The lowest BCUT2D eigenvalue weighted by atomic mass is 10.0. The van der Waals surface area contributed by atoms with Crippen LogP contribution in [0.3, 0.4) is 0 Å². The predicted octanol–water partition coefficient (Wildman–Crippen LogP) is 3.58. The van der Waals surface area contributed by atoms with Gasteiger partial charge < -0.3 is 9.88 Å².